The third kappa shape index (κ3) is 8.73. The van der Waals surface area contributed by atoms with Crippen molar-refractivity contribution in [3.8, 4) is 0 Å². The Morgan fingerprint density at radius 1 is 1.21 bits per heavy atom. The maximum Gasteiger partial charge on any atom is 0.261 e. The van der Waals surface area contributed by atoms with Crippen LogP contribution in [-0.2, 0) is 6.54 Å². The Kier molecular flexibility index (Phi) is 12.6. The van der Waals surface area contributed by atoms with E-state index in [2.05, 4.69) is 39.9 Å². The molecule has 0 atom stereocenters. The summed E-state index contributed by atoms with van der Waals surface area (Å²) in [6.07, 6.45) is 2.92. The van der Waals surface area contributed by atoms with Gasteiger partial charge in [-0.2, -0.15) is 0 Å². The van der Waals surface area contributed by atoms with Crippen molar-refractivity contribution >= 4 is 47.2 Å². The number of nitrogens with one attached hydrogen (secondary N) is 3. The highest BCUT2D eigenvalue weighted by atomic mass is 127. The van der Waals surface area contributed by atoms with E-state index in [0.29, 0.717) is 25.6 Å². The minimum atomic E-state index is -0.0193. The third-order valence-electron chi connectivity index (χ3n) is 4.39. The standard InChI is InChI=1S/C20H31N5O2S.HI/c1-4-15(5-2)17-13-16(27-25-17)14-24-20(21-6-3)23-11-8-10-22-19(26)18-9-7-12-28-18;/h7,9,12-13,15H,4-6,8,10-11,14H2,1-3H3,(H,22,26)(H2,21,23,24);1H. The van der Waals surface area contributed by atoms with Crippen LogP contribution in [0.3, 0.4) is 0 Å². The zero-order chi connectivity index (χ0) is 20.2. The molecule has 1 amide bonds. The van der Waals surface area contributed by atoms with Crippen LogP contribution in [0.1, 0.15) is 67.1 Å². The lowest BCUT2D eigenvalue weighted by atomic mass is 9.99. The van der Waals surface area contributed by atoms with E-state index in [4.69, 9.17) is 4.52 Å². The summed E-state index contributed by atoms with van der Waals surface area (Å²) in [6.45, 7) is 8.90. The van der Waals surface area contributed by atoms with Crippen LogP contribution >= 0.6 is 35.3 Å². The third-order valence-corrected chi connectivity index (χ3v) is 5.26. The van der Waals surface area contributed by atoms with Gasteiger partial charge in [0.2, 0.25) is 0 Å². The van der Waals surface area contributed by atoms with Gasteiger partial charge in [0.25, 0.3) is 5.91 Å². The average Bonchev–Trinajstić information content (AvgIpc) is 3.39. The van der Waals surface area contributed by atoms with E-state index in [9.17, 15) is 4.79 Å². The second kappa shape index (κ2) is 14.4. The van der Waals surface area contributed by atoms with Crippen molar-refractivity contribution in [2.24, 2.45) is 4.99 Å². The van der Waals surface area contributed by atoms with Crippen molar-refractivity contribution in [1.82, 2.24) is 21.1 Å². The smallest absolute Gasteiger partial charge is 0.261 e. The number of thiophene rings is 1. The fourth-order valence-corrected chi connectivity index (χ4v) is 3.43. The number of rotatable bonds is 11. The average molecular weight is 533 g/mol. The van der Waals surface area contributed by atoms with E-state index in [-0.39, 0.29) is 29.9 Å². The summed E-state index contributed by atoms with van der Waals surface area (Å²) < 4.78 is 5.42. The van der Waals surface area contributed by atoms with Gasteiger partial charge in [-0.1, -0.05) is 25.1 Å². The predicted octanol–water partition coefficient (Wildman–Crippen LogP) is 4.13. The Balaban J connectivity index is 0.00000420. The fraction of sp³-hybridized carbons (Fsp3) is 0.550. The molecular weight excluding hydrogens is 501 g/mol. The van der Waals surface area contributed by atoms with Crippen molar-refractivity contribution in [2.45, 2.75) is 52.5 Å². The molecule has 29 heavy (non-hydrogen) atoms. The van der Waals surface area contributed by atoms with Gasteiger partial charge in [0.1, 0.15) is 6.54 Å². The van der Waals surface area contributed by atoms with Gasteiger partial charge in [-0.3, -0.25) is 4.79 Å². The van der Waals surface area contributed by atoms with Crippen LogP contribution in [0.25, 0.3) is 0 Å². The zero-order valence-corrected chi connectivity index (χ0v) is 20.5. The number of carbonyl (C=O) groups excluding carboxylic acids is 1. The molecule has 2 heterocycles. The summed E-state index contributed by atoms with van der Waals surface area (Å²) in [5.74, 6) is 1.92. The first-order valence-electron chi connectivity index (χ1n) is 9.97. The van der Waals surface area contributed by atoms with Crippen LogP contribution in [0, 0.1) is 0 Å². The molecule has 0 unspecified atom stereocenters. The lowest BCUT2D eigenvalue weighted by Crippen LogP contribution is -2.38. The van der Waals surface area contributed by atoms with Crippen LogP contribution in [0.5, 0.6) is 0 Å². The van der Waals surface area contributed by atoms with Gasteiger partial charge in [-0.05, 0) is 37.6 Å². The van der Waals surface area contributed by atoms with E-state index in [1.54, 1.807) is 0 Å². The molecule has 0 saturated heterocycles. The number of hydrogen-bond acceptors (Lipinski definition) is 5. The molecule has 0 radical (unpaired) electrons. The van der Waals surface area contributed by atoms with Gasteiger partial charge >= 0.3 is 0 Å². The first kappa shape index (κ1) is 25.4. The maximum atomic E-state index is 11.9. The summed E-state index contributed by atoms with van der Waals surface area (Å²) >= 11 is 1.45. The summed E-state index contributed by atoms with van der Waals surface area (Å²) in [6, 6.07) is 5.71. The Labute approximate surface area is 194 Å². The monoisotopic (exact) mass is 533 g/mol. The summed E-state index contributed by atoms with van der Waals surface area (Å²) in [4.78, 5) is 17.2. The van der Waals surface area contributed by atoms with Gasteiger partial charge in [0, 0.05) is 31.6 Å². The lowest BCUT2D eigenvalue weighted by Gasteiger charge is -2.11. The Hall–Kier alpha value is -1.62. The molecule has 2 aromatic heterocycles. The predicted molar refractivity (Wildman–Crippen MR) is 129 cm³/mol. The number of aromatic nitrogens is 1. The molecule has 0 aliphatic heterocycles. The van der Waals surface area contributed by atoms with Crippen LogP contribution in [0.2, 0.25) is 0 Å². The molecule has 162 valence electrons. The first-order valence-corrected chi connectivity index (χ1v) is 10.8. The molecule has 0 aliphatic rings. The number of amides is 1. The molecule has 7 nitrogen and oxygen atoms in total. The molecule has 0 aliphatic carbocycles. The number of halogens is 1. The molecule has 2 aromatic rings. The van der Waals surface area contributed by atoms with Crippen LogP contribution in [0.4, 0.5) is 0 Å². The van der Waals surface area contributed by atoms with Crippen molar-refractivity contribution < 1.29 is 9.32 Å². The van der Waals surface area contributed by atoms with Crippen molar-refractivity contribution in [3.05, 3.63) is 39.9 Å². The van der Waals surface area contributed by atoms with Crippen LogP contribution in [-0.4, -0.2) is 36.7 Å². The van der Waals surface area contributed by atoms with E-state index in [1.807, 2.05) is 30.5 Å². The number of hydrogen-bond donors (Lipinski definition) is 3. The van der Waals surface area contributed by atoms with Crippen molar-refractivity contribution in [3.63, 3.8) is 0 Å². The van der Waals surface area contributed by atoms with E-state index in [1.165, 1.54) is 11.3 Å². The molecule has 9 heteroatoms. The Morgan fingerprint density at radius 3 is 2.62 bits per heavy atom. The van der Waals surface area contributed by atoms with Gasteiger partial charge in [0.05, 0.1) is 10.6 Å². The van der Waals surface area contributed by atoms with Crippen molar-refractivity contribution in [1.29, 1.82) is 0 Å². The Morgan fingerprint density at radius 2 is 1.97 bits per heavy atom. The molecular formula is C20H32IN5O2S. The SMILES string of the molecule is CCNC(=NCc1cc(C(CC)CC)no1)NCCCNC(=O)c1cccs1.I. The summed E-state index contributed by atoms with van der Waals surface area (Å²) in [5, 5.41) is 15.5. The molecule has 0 aromatic carbocycles. The minimum absolute atomic E-state index is 0. The fourth-order valence-electron chi connectivity index (χ4n) is 2.79. The molecule has 0 fully saturated rings. The minimum Gasteiger partial charge on any atom is -0.359 e. The second-order valence-electron chi connectivity index (χ2n) is 6.44. The number of guanidine groups is 1. The summed E-state index contributed by atoms with van der Waals surface area (Å²) in [5.41, 5.74) is 1.01. The topological polar surface area (TPSA) is 91.6 Å². The molecule has 0 spiro atoms. The number of carbonyl (C=O) groups is 1. The second-order valence-corrected chi connectivity index (χ2v) is 7.39. The highest BCUT2D eigenvalue weighted by Crippen LogP contribution is 2.22. The lowest BCUT2D eigenvalue weighted by molar-refractivity contribution is 0.0957. The highest BCUT2D eigenvalue weighted by molar-refractivity contribution is 14.0. The van der Waals surface area contributed by atoms with Crippen LogP contribution < -0.4 is 16.0 Å². The normalized spacial score (nSPS) is 11.2. The quantitative estimate of drug-likeness (QED) is 0.175. The van der Waals surface area contributed by atoms with E-state index in [0.717, 1.165) is 48.1 Å². The zero-order valence-electron chi connectivity index (χ0n) is 17.4. The molecule has 2 rings (SSSR count). The van der Waals surface area contributed by atoms with Crippen molar-refractivity contribution in [2.75, 3.05) is 19.6 Å². The van der Waals surface area contributed by atoms with E-state index < -0.39 is 0 Å². The molecule has 0 saturated carbocycles. The maximum absolute atomic E-state index is 11.9. The first-order chi connectivity index (χ1) is 13.7. The van der Waals surface area contributed by atoms with E-state index >= 15 is 0 Å². The van der Waals surface area contributed by atoms with Gasteiger partial charge in [-0.25, -0.2) is 4.99 Å². The highest BCUT2D eigenvalue weighted by Gasteiger charge is 2.12. The molecule has 0 bridgehead atoms. The number of aliphatic imine (C=N–C) groups is 1. The number of nitrogens with zero attached hydrogens (tertiary/aromatic N) is 2. The largest absolute Gasteiger partial charge is 0.359 e. The van der Waals surface area contributed by atoms with Crippen LogP contribution in [0.15, 0.2) is 33.1 Å². The van der Waals surface area contributed by atoms with Gasteiger partial charge < -0.3 is 20.5 Å². The van der Waals surface area contributed by atoms with Gasteiger partial charge in [-0.15, -0.1) is 35.3 Å². The summed E-state index contributed by atoms with van der Waals surface area (Å²) in [7, 11) is 0. The van der Waals surface area contributed by atoms with Gasteiger partial charge in [0.15, 0.2) is 11.7 Å². The molecule has 3 N–H and O–H groups in total. The Bertz CT molecular complexity index is 729.